The van der Waals surface area contributed by atoms with Crippen molar-refractivity contribution in [1.29, 1.82) is 0 Å². The van der Waals surface area contributed by atoms with E-state index in [0.29, 0.717) is 13.2 Å². The van der Waals surface area contributed by atoms with Crippen molar-refractivity contribution in [3.63, 3.8) is 0 Å². The maximum atomic E-state index is 11.2. The average molecular weight is 249 g/mol. The molecule has 1 aromatic carbocycles. The second kappa shape index (κ2) is 8.70. The minimum Gasteiger partial charge on any atom is -0.380 e. The third-order valence-corrected chi connectivity index (χ3v) is 3.01. The molecule has 0 aliphatic carbocycles. The van der Waals surface area contributed by atoms with Crippen LogP contribution in [-0.2, 0) is 16.0 Å². The lowest BCUT2D eigenvalue weighted by atomic mass is 10.0. The molecule has 1 atom stereocenters. The van der Waals surface area contributed by atoms with Crippen LogP contribution in [0.25, 0.3) is 0 Å². The molecule has 1 aromatic rings. The lowest BCUT2D eigenvalue weighted by molar-refractivity contribution is -0.124. The number of unbranched alkanes of at least 4 members (excludes halogenated alkanes) is 1. The summed E-state index contributed by atoms with van der Waals surface area (Å²) in [6.45, 7) is 3.19. The zero-order valence-corrected chi connectivity index (χ0v) is 11.1. The number of rotatable bonds is 9. The Morgan fingerprint density at radius 2 is 2.06 bits per heavy atom. The van der Waals surface area contributed by atoms with Crippen molar-refractivity contribution in [2.24, 2.45) is 11.7 Å². The number of carbonyl (C=O) groups is 1. The first-order valence-electron chi connectivity index (χ1n) is 6.65. The van der Waals surface area contributed by atoms with Crippen LogP contribution in [0.15, 0.2) is 30.3 Å². The molecule has 1 rings (SSSR count). The van der Waals surface area contributed by atoms with Gasteiger partial charge in [0, 0.05) is 0 Å². The molecule has 0 aliphatic heterocycles. The van der Waals surface area contributed by atoms with Crippen LogP contribution in [0.3, 0.4) is 0 Å². The fourth-order valence-electron chi connectivity index (χ4n) is 1.82. The quantitative estimate of drug-likeness (QED) is 0.684. The van der Waals surface area contributed by atoms with Gasteiger partial charge in [0.15, 0.2) is 0 Å². The molecule has 3 nitrogen and oxygen atoms in total. The lowest BCUT2D eigenvalue weighted by Gasteiger charge is -2.13. The summed E-state index contributed by atoms with van der Waals surface area (Å²) in [6.07, 6.45) is 3.81. The normalized spacial score (nSPS) is 12.3. The fraction of sp³-hybridized carbons (Fsp3) is 0.533. The molecule has 0 spiro atoms. The van der Waals surface area contributed by atoms with Gasteiger partial charge in [-0.05, 0) is 18.4 Å². The van der Waals surface area contributed by atoms with Gasteiger partial charge in [0.1, 0.15) is 0 Å². The van der Waals surface area contributed by atoms with E-state index in [1.807, 2.05) is 18.2 Å². The van der Waals surface area contributed by atoms with E-state index >= 15 is 0 Å². The molecular formula is C15H23NO2. The van der Waals surface area contributed by atoms with E-state index in [9.17, 15) is 4.79 Å². The van der Waals surface area contributed by atoms with E-state index in [4.69, 9.17) is 10.5 Å². The van der Waals surface area contributed by atoms with Gasteiger partial charge in [-0.3, -0.25) is 4.79 Å². The Morgan fingerprint density at radius 3 is 2.67 bits per heavy atom. The molecular weight excluding hydrogens is 226 g/mol. The zero-order valence-electron chi connectivity index (χ0n) is 11.1. The molecule has 0 bridgehead atoms. The zero-order chi connectivity index (χ0) is 13.2. The first-order valence-corrected chi connectivity index (χ1v) is 6.65. The topological polar surface area (TPSA) is 52.3 Å². The van der Waals surface area contributed by atoms with Gasteiger partial charge in [0.05, 0.1) is 19.1 Å². The van der Waals surface area contributed by atoms with Crippen LogP contribution in [-0.4, -0.2) is 19.1 Å². The van der Waals surface area contributed by atoms with E-state index in [2.05, 4.69) is 19.1 Å². The summed E-state index contributed by atoms with van der Waals surface area (Å²) in [5.41, 5.74) is 6.60. The molecule has 0 fully saturated rings. The first kappa shape index (κ1) is 14.7. The van der Waals surface area contributed by atoms with E-state index in [0.717, 1.165) is 25.7 Å². The maximum absolute atomic E-state index is 11.2. The molecule has 0 aliphatic rings. The van der Waals surface area contributed by atoms with Crippen molar-refractivity contribution in [3.05, 3.63) is 35.9 Å². The summed E-state index contributed by atoms with van der Waals surface area (Å²) in [4.78, 5) is 11.2. The summed E-state index contributed by atoms with van der Waals surface area (Å²) in [6, 6.07) is 10.2. The predicted molar refractivity (Wildman–Crippen MR) is 73.2 cm³/mol. The van der Waals surface area contributed by atoms with Crippen molar-refractivity contribution in [1.82, 2.24) is 0 Å². The minimum absolute atomic E-state index is 0.138. The van der Waals surface area contributed by atoms with Crippen LogP contribution in [0.4, 0.5) is 0 Å². The standard InChI is InChI=1S/C15H23NO2/c1-2-3-9-14(15(16)17)12-18-11-10-13-7-5-4-6-8-13/h4-8,14H,2-3,9-12H2,1H3,(H2,16,17). The fourth-order valence-corrected chi connectivity index (χ4v) is 1.82. The Labute approximate surface area is 109 Å². The molecule has 0 heterocycles. The average Bonchev–Trinajstić information content (AvgIpc) is 2.38. The molecule has 0 saturated carbocycles. The van der Waals surface area contributed by atoms with Crippen LogP contribution < -0.4 is 5.73 Å². The molecule has 0 radical (unpaired) electrons. The maximum Gasteiger partial charge on any atom is 0.222 e. The van der Waals surface area contributed by atoms with E-state index in [-0.39, 0.29) is 11.8 Å². The predicted octanol–water partition coefficient (Wildman–Crippen LogP) is 2.54. The molecule has 2 N–H and O–H groups in total. The highest BCUT2D eigenvalue weighted by molar-refractivity contribution is 5.76. The van der Waals surface area contributed by atoms with Crippen molar-refractivity contribution < 1.29 is 9.53 Å². The molecule has 0 aromatic heterocycles. The number of hydrogen-bond donors (Lipinski definition) is 1. The van der Waals surface area contributed by atoms with E-state index in [1.54, 1.807) is 0 Å². The third-order valence-electron chi connectivity index (χ3n) is 3.01. The number of ether oxygens (including phenoxy) is 1. The number of benzene rings is 1. The van der Waals surface area contributed by atoms with Gasteiger partial charge in [0.25, 0.3) is 0 Å². The molecule has 0 saturated heterocycles. The highest BCUT2D eigenvalue weighted by atomic mass is 16.5. The van der Waals surface area contributed by atoms with Crippen molar-refractivity contribution in [3.8, 4) is 0 Å². The van der Waals surface area contributed by atoms with Gasteiger partial charge >= 0.3 is 0 Å². The Balaban J connectivity index is 2.20. The summed E-state index contributed by atoms with van der Waals surface area (Å²) >= 11 is 0. The highest BCUT2D eigenvalue weighted by Crippen LogP contribution is 2.09. The van der Waals surface area contributed by atoms with Crippen molar-refractivity contribution in [2.45, 2.75) is 32.6 Å². The molecule has 18 heavy (non-hydrogen) atoms. The van der Waals surface area contributed by atoms with Crippen LogP contribution in [0.2, 0.25) is 0 Å². The summed E-state index contributed by atoms with van der Waals surface area (Å²) in [5.74, 6) is -0.385. The number of primary amides is 1. The number of amides is 1. The van der Waals surface area contributed by atoms with Gasteiger partial charge in [-0.2, -0.15) is 0 Å². The summed E-state index contributed by atoms with van der Waals surface area (Å²) in [5, 5.41) is 0. The summed E-state index contributed by atoms with van der Waals surface area (Å²) in [7, 11) is 0. The Kier molecular flexibility index (Phi) is 7.11. The van der Waals surface area contributed by atoms with Gasteiger partial charge in [-0.15, -0.1) is 0 Å². The highest BCUT2D eigenvalue weighted by Gasteiger charge is 2.14. The Hall–Kier alpha value is -1.35. The second-order valence-electron chi connectivity index (χ2n) is 4.55. The molecule has 3 heteroatoms. The van der Waals surface area contributed by atoms with E-state index < -0.39 is 0 Å². The monoisotopic (exact) mass is 249 g/mol. The largest absolute Gasteiger partial charge is 0.380 e. The van der Waals surface area contributed by atoms with Gasteiger partial charge < -0.3 is 10.5 Å². The Bertz CT molecular complexity index is 338. The molecule has 1 unspecified atom stereocenters. The summed E-state index contributed by atoms with van der Waals surface area (Å²) < 4.78 is 5.56. The van der Waals surface area contributed by atoms with Gasteiger partial charge in [-0.1, -0.05) is 50.1 Å². The second-order valence-corrected chi connectivity index (χ2v) is 4.55. The van der Waals surface area contributed by atoms with Gasteiger partial charge in [-0.25, -0.2) is 0 Å². The van der Waals surface area contributed by atoms with Gasteiger partial charge in [0.2, 0.25) is 5.91 Å². The van der Waals surface area contributed by atoms with Crippen LogP contribution in [0.1, 0.15) is 31.7 Å². The Morgan fingerprint density at radius 1 is 1.33 bits per heavy atom. The molecule has 100 valence electrons. The first-order chi connectivity index (χ1) is 8.74. The van der Waals surface area contributed by atoms with E-state index in [1.165, 1.54) is 5.56 Å². The van der Waals surface area contributed by atoms with Crippen molar-refractivity contribution in [2.75, 3.05) is 13.2 Å². The van der Waals surface area contributed by atoms with Crippen LogP contribution in [0.5, 0.6) is 0 Å². The van der Waals surface area contributed by atoms with Crippen LogP contribution in [0, 0.1) is 5.92 Å². The smallest absolute Gasteiger partial charge is 0.222 e. The number of carbonyl (C=O) groups excluding carboxylic acids is 1. The molecule has 1 amide bonds. The third kappa shape index (κ3) is 5.82. The minimum atomic E-state index is -0.247. The number of nitrogens with two attached hydrogens (primary N) is 1. The van der Waals surface area contributed by atoms with Crippen LogP contribution >= 0.6 is 0 Å². The van der Waals surface area contributed by atoms with Crippen molar-refractivity contribution >= 4 is 5.91 Å². The SMILES string of the molecule is CCCCC(COCCc1ccccc1)C(N)=O. The lowest BCUT2D eigenvalue weighted by Crippen LogP contribution is -2.27. The number of hydrogen-bond acceptors (Lipinski definition) is 2.